The Morgan fingerprint density at radius 2 is 1.74 bits per heavy atom. The van der Waals surface area contributed by atoms with Crippen LogP contribution in [0.4, 0.5) is 5.69 Å². The van der Waals surface area contributed by atoms with Gasteiger partial charge in [-0.05, 0) is 28.1 Å². The Kier molecular flexibility index (Phi) is 4.34. The normalized spacial score (nSPS) is 10.3. The number of carbonyl (C=O) groups excluding carboxylic acids is 1. The molecule has 114 valence electrons. The van der Waals surface area contributed by atoms with Crippen LogP contribution in [0.25, 0.3) is 11.4 Å². The molecular formula is C17H12BrN3O2. The number of aromatic amines is 1. The van der Waals surface area contributed by atoms with Crippen LogP contribution in [0, 0.1) is 0 Å². The van der Waals surface area contributed by atoms with E-state index < -0.39 is 11.5 Å². The van der Waals surface area contributed by atoms with Crippen LogP contribution >= 0.6 is 15.9 Å². The third kappa shape index (κ3) is 3.37. The number of anilines is 1. The summed E-state index contributed by atoms with van der Waals surface area (Å²) in [5, 5.41) is 2.68. The Hall–Kier alpha value is -2.73. The van der Waals surface area contributed by atoms with E-state index in [-0.39, 0.29) is 5.56 Å². The van der Waals surface area contributed by atoms with Crippen molar-refractivity contribution in [3.05, 3.63) is 81.2 Å². The molecule has 0 radical (unpaired) electrons. The van der Waals surface area contributed by atoms with Crippen molar-refractivity contribution in [3.63, 3.8) is 0 Å². The highest BCUT2D eigenvalue weighted by Gasteiger charge is 2.13. The Labute approximate surface area is 140 Å². The minimum atomic E-state index is -0.509. The summed E-state index contributed by atoms with van der Waals surface area (Å²) < 4.78 is 0.735. The number of benzene rings is 2. The predicted octanol–water partition coefficient (Wildman–Crippen LogP) is 3.45. The lowest BCUT2D eigenvalue weighted by molar-refractivity contribution is 0.102. The first-order valence-corrected chi connectivity index (χ1v) is 7.65. The monoisotopic (exact) mass is 369 g/mol. The summed E-state index contributed by atoms with van der Waals surface area (Å²) in [5.74, 6) is -0.0849. The van der Waals surface area contributed by atoms with Gasteiger partial charge in [-0.25, -0.2) is 4.98 Å². The molecule has 2 N–H and O–H groups in total. The number of nitrogens with zero attached hydrogens (tertiary/aromatic N) is 1. The zero-order valence-electron chi connectivity index (χ0n) is 11.9. The van der Waals surface area contributed by atoms with E-state index in [1.54, 1.807) is 18.2 Å². The van der Waals surface area contributed by atoms with Gasteiger partial charge in [0.05, 0.1) is 5.69 Å². The van der Waals surface area contributed by atoms with Gasteiger partial charge in [-0.15, -0.1) is 0 Å². The first kappa shape index (κ1) is 15.2. The maximum atomic E-state index is 12.2. The molecule has 0 unspecified atom stereocenters. The highest BCUT2D eigenvalue weighted by atomic mass is 79.9. The molecule has 0 saturated heterocycles. The van der Waals surface area contributed by atoms with Crippen LogP contribution in [-0.2, 0) is 0 Å². The number of amides is 1. The number of nitrogens with one attached hydrogen (secondary N) is 2. The average molecular weight is 370 g/mol. The van der Waals surface area contributed by atoms with Crippen LogP contribution in [0.2, 0.25) is 0 Å². The van der Waals surface area contributed by atoms with E-state index in [0.717, 1.165) is 10.0 Å². The number of hydrogen-bond donors (Lipinski definition) is 2. The summed E-state index contributed by atoms with van der Waals surface area (Å²) in [5.41, 5.74) is 0.843. The largest absolute Gasteiger partial charge is 0.321 e. The zero-order valence-corrected chi connectivity index (χ0v) is 13.5. The lowest BCUT2D eigenvalue weighted by atomic mass is 10.2. The van der Waals surface area contributed by atoms with Crippen molar-refractivity contribution in [2.45, 2.75) is 0 Å². The maximum Gasteiger partial charge on any atom is 0.264 e. The average Bonchev–Trinajstić information content (AvgIpc) is 2.57. The maximum absolute atomic E-state index is 12.2. The number of aromatic nitrogens is 2. The summed E-state index contributed by atoms with van der Waals surface area (Å²) >= 11 is 3.34. The molecule has 1 amide bonds. The summed E-state index contributed by atoms with van der Waals surface area (Å²) in [6.45, 7) is 0. The molecule has 5 nitrogen and oxygen atoms in total. The summed E-state index contributed by atoms with van der Waals surface area (Å²) in [6, 6.07) is 16.4. The Balaban J connectivity index is 1.88. The highest BCUT2D eigenvalue weighted by Crippen LogP contribution is 2.21. The van der Waals surface area contributed by atoms with Gasteiger partial charge in [-0.3, -0.25) is 9.59 Å². The molecule has 1 heterocycles. The topological polar surface area (TPSA) is 74.8 Å². The van der Waals surface area contributed by atoms with E-state index in [9.17, 15) is 9.59 Å². The van der Waals surface area contributed by atoms with E-state index in [4.69, 9.17) is 0 Å². The molecule has 0 aliphatic heterocycles. The first-order chi connectivity index (χ1) is 11.1. The Morgan fingerprint density at radius 1 is 1.04 bits per heavy atom. The lowest BCUT2D eigenvalue weighted by Crippen LogP contribution is -2.24. The van der Waals surface area contributed by atoms with Crippen molar-refractivity contribution in [2.75, 3.05) is 5.32 Å². The van der Waals surface area contributed by atoms with Crippen LogP contribution in [0.15, 0.2) is 70.1 Å². The van der Waals surface area contributed by atoms with Crippen molar-refractivity contribution in [2.24, 2.45) is 0 Å². The smallest absolute Gasteiger partial charge is 0.264 e. The number of carbonyl (C=O) groups is 1. The second kappa shape index (κ2) is 6.58. The van der Waals surface area contributed by atoms with E-state index in [1.807, 2.05) is 36.4 Å². The van der Waals surface area contributed by atoms with Gasteiger partial charge >= 0.3 is 0 Å². The fourth-order valence-electron chi connectivity index (χ4n) is 2.05. The van der Waals surface area contributed by atoms with Crippen molar-refractivity contribution >= 4 is 27.5 Å². The highest BCUT2D eigenvalue weighted by molar-refractivity contribution is 9.10. The van der Waals surface area contributed by atoms with Crippen molar-refractivity contribution in [1.82, 2.24) is 9.97 Å². The van der Waals surface area contributed by atoms with Crippen LogP contribution in [0.5, 0.6) is 0 Å². The van der Waals surface area contributed by atoms with Crippen molar-refractivity contribution in [1.29, 1.82) is 0 Å². The molecule has 23 heavy (non-hydrogen) atoms. The van der Waals surface area contributed by atoms with E-state index >= 15 is 0 Å². The molecule has 1 aromatic heterocycles. The fraction of sp³-hybridized carbons (Fsp3) is 0. The van der Waals surface area contributed by atoms with Gasteiger partial charge in [-0.2, -0.15) is 0 Å². The number of halogens is 1. The number of para-hydroxylation sites is 1. The first-order valence-electron chi connectivity index (χ1n) is 6.86. The second-order valence-corrected chi connectivity index (χ2v) is 5.63. The van der Waals surface area contributed by atoms with E-state index in [0.29, 0.717) is 11.5 Å². The minimum absolute atomic E-state index is 0.0413. The van der Waals surface area contributed by atoms with Gasteiger partial charge in [-0.1, -0.05) is 42.5 Å². The van der Waals surface area contributed by atoms with Gasteiger partial charge in [0.15, 0.2) is 0 Å². The Bertz CT molecular complexity index is 907. The standard InChI is InChI=1S/C17H12BrN3O2/c18-13-8-4-5-9-14(13)20-16(22)12-10-19-15(21-17(12)23)11-6-2-1-3-7-11/h1-10H,(H,20,22)(H,19,21,23). The molecule has 0 spiro atoms. The molecule has 3 aromatic rings. The second-order valence-electron chi connectivity index (χ2n) is 4.77. The molecule has 0 aliphatic carbocycles. The van der Waals surface area contributed by atoms with Gasteiger partial charge in [0.2, 0.25) is 0 Å². The van der Waals surface area contributed by atoms with Crippen LogP contribution in [0.1, 0.15) is 10.4 Å². The number of H-pyrrole nitrogens is 1. The van der Waals surface area contributed by atoms with Gasteiger partial charge in [0.25, 0.3) is 11.5 Å². The van der Waals surface area contributed by atoms with Crippen LogP contribution < -0.4 is 10.9 Å². The number of hydrogen-bond acceptors (Lipinski definition) is 3. The third-order valence-electron chi connectivity index (χ3n) is 3.21. The van der Waals surface area contributed by atoms with Gasteiger partial charge in [0.1, 0.15) is 11.4 Å². The van der Waals surface area contributed by atoms with E-state index in [1.165, 1.54) is 6.20 Å². The van der Waals surface area contributed by atoms with E-state index in [2.05, 4.69) is 31.2 Å². The van der Waals surface area contributed by atoms with Crippen molar-refractivity contribution < 1.29 is 4.79 Å². The Morgan fingerprint density at radius 3 is 2.43 bits per heavy atom. The molecule has 0 bridgehead atoms. The zero-order chi connectivity index (χ0) is 16.2. The summed E-state index contributed by atoms with van der Waals surface area (Å²) in [6.07, 6.45) is 1.29. The molecular weight excluding hydrogens is 358 g/mol. The van der Waals surface area contributed by atoms with Gasteiger partial charge in [0, 0.05) is 16.2 Å². The summed E-state index contributed by atoms with van der Waals surface area (Å²) in [4.78, 5) is 31.2. The minimum Gasteiger partial charge on any atom is -0.321 e. The molecule has 3 rings (SSSR count). The fourth-order valence-corrected chi connectivity index (χ4v) is 2.44. The quantitative estimate of drug-likeness (QED) is 0.742. The lowest BCUT2D eigenvalue weighted by Gasteiger charge is -2.07. The van der Waals surface area contributed by atoms with Crippen LogP contribution in [-0.4, -0.2) is 15.9 Å². The van der Waals surface area contributed by atoms with Gasteiger partial charge < -0.3 is 10.3 Å². The predicted molar refractivity (Wildman–Crippen MR) is 92.4 cm³/mol. The molecule has 0 atom stereocenters. The van der Waals surface area contributed by atoms with Crippen LogP contribution in [0.3, 0.4) is 0 Å². The third-order valence-corrected chi connectivity index (χ3v) is 3.90. The molecule has 0 saturated carbocycles. The molecule has 0 aliphatic rings. The van der Waals surface area contributed by atoms with Crippen molar-refractivity contribution in [3.8, 4) is 11.4 Å². The summed E-state index contributed by atoms with van der Waals surface area (Å²) in [7, 11) is 0. The molecule has 6 heteroatoms. The number of rotatable bonds is 3. The molecule has 2 aromatic carbocycles. The molecule has 0 fully saturated rings. The SMILES string of the molecule is O=C(Nc1ccccc1Br)c1cnc(-c2ccccc2)[nH]c1=O.